The standard InChI is InChI=1S/C35H48N2O5/c1-6-8-20-30(23-27-16-11-9-12-17-27)34(41)42-26-31(35(3,4)5)36-33(40)29(15-7-2)24-32(39)37(21-22-38)25-28-18-13-10-14-19-28/h6-7,9-14,16-19,29-31,38H,1-2,8,15,20-26H2,3-5H3,(H,36,40)/t29-,30+,31+/m0/s1. The van der Waals surface area contributed by atoms with Gasteiger partial charge in [-0.05, 0) is 42.2 Å². The van der Waals surface area contributed by atoms with Gasteiger partial charge < -0.3 is 20.1 Å². The van der Waals surface area contributed by atoms with Gasteiger partial charge in [-0.1, -0.05) is 93.6 Å². The zero-order valence-corrected chi connectivity index (χ0v) is 25.5. The van der Waals surface area contributed by atoms with Crippen molar-refractivity contribution in [1.29, 1.82) is 0 Å². The lowest BCUT2D eigenvalue weighted by molar-refractivity contribution is -0.151. The zero-order chi connectivity index (χ0) is 31.0. The smallest absolute Gasteiger partial charge is 0.309 e. The number of allylic oxidation sites excluding steroid dienone is 2. The molecule has 2 amide bonds. The van der Waals surface area contributed by atoms with Gasteiger partial charge in [0.1, 0.15) is 6.61 Å². The number of hydrogen-bond donors (Lipinski definition) is 2. The molecule has 0 aliphatic carbocycles. The van der Waals surface area contributed by atoms with Crippen LogP contribution in [0.3, 0.4) is 0 Å². The molecule has 0 heterocycles. The molecule has 0 saturated heterocycles. The predicted octanol–water partition coefficient (Wildman–Crippen LogP) is 5.49. The normalized spacial score (nSPS) is 13.3. The molecular formula is C35H48N2O5. The average molecular weight is 577 g/mol. The summed E-state index contributed by atoms with van der Waals surface area (Å²) in [7, 11) is 0. The summed E-state index contributed by atoms with van der Waals surface area (Å²) < 4.78 is 5.81. The third-order valence-corrected chi connectivity index (χ3v) is 7.31. The van der Waals surface area contributed by atoms with Crippen LogP contribution in [-0.4, -0.2) is 53.6 Å². The average Bonchev–Trinajstić information content (AvgIpc) is 2.97. The van der Waals surface area contributed by atoms with Gasteiger partial charge in [-0.2, -0.15) is 0 Å². The van der Waals surface area contributed by atoms with Gasteiger partial charge in [0.15, 0.2) is 0 Å². The Kier molecular flexibility index (Phi) is 14.7. The highest BCUT2D eigenvalue weighted by Gasteiger charge is 2.32. The summed E-state index contributed by atoms with van der Waals surface area (Å²) >= 11 is 0. The van der Waals surface area contributed by atoms with E-state index < -0.39 is 17.4 Å². The van der Waals surface area contributed by atoms with E-state index in [0.717, 1.165) is 11.1 Å². The maximum absolute atomic E-state index is 13.5. The van der Waals surface area contributed by atoms with Crippen LogP contribution in [0.25, 0.3) is 0 Å². The fourth-order valence-corrected chi connectivity index (χ4v) is 4.64. The minimum absolute atomic E-state index is 0.0207. The minimum Gasteiger partial charge on any atom is -0.463 e. The monoisotopic (exact) mass is 576 g/mol. The molecule has 7 heteroatoms. The van der Waals surface area contributed by atoms with Crippen LogP contribution in [0.4, 0.5) is 0 Å². The number of carbonyl (C=O) groups excluding carboxylic acids is 3. The zero-order valence-electron chi connectivity index (χ0n) is 25.5. The third-order valence-electron chi connectivity index (χ3n) is 7.31. The molecule has 3 atom stereocenters. The predicted molar refractivity (Wildman–Crippen MR) is 167 cm³/mol. The van der Waals surface area contributed by atoms with Crippen LogP contribution in [0.2, 0.25) is 0 Å². The SMILES string of the molecule is C=CCC[C@H](Cc1ccccc1)C(=O)OC[C@@H](NC(=O)[C@@H](CC=C)CC(=O)N(CCO)Cc1ccccc1)C(C)(C)C. The number of nitrogens with zero attached hydrogens (tertiary/aromatic N) is 1. The van der Waals surface area contributed by atoms with Crippen molar-refractivity contribution in [3.63, 3.8) is 0 Å². The van der Waals surface area contributed by atoms with Gasteiger partial charge in [0.05, 0.1) is 24.5 Å². The van der Waals surface area contributed by atoms with Crippen LogP contribution in [0.1, 0.15) is 57.6 Å². The van der Waals surface area contributed by atoms with Crippen molar-refractivity contribution < 1.29 is 24.2 Å². The molecule has 2 aromatic carbocycles. The first-order valence-corrected chi connectivity index (χ1v) is 14.7. The Balaban J connectivity index is 2.09. The molecule has 0 saturated carbocycles. The van der Waals surface area contributed by atoms with Crippen LogP contribution < -0.4 is 5.32 Å². The molecule has 0 fully saturated rings. The molecule has 0 radical (unpaired) electrons. The fraction of sp³-hybridized carbons (Fsp3) is 0.457. The Hall–Kier alpha value is -3.71. The number of aliphatic hydroxyl groups is 1. The first kappa shape index (κ1) is 34.5. The molecule has 2 N–H and O–H groups in total. The quantitative estimate of drug-likeness (QED) is 0.181. The Bertz CT molecular complexity index is 1130. The summed E-state index contributed by atoms with van der Waals surface area (Å²) in [6.45, 7) is 13.9. The largest absolute Gasteiger partial charge is 0.463 e. The fourth-order valence-electron chi connectivity index (χ4n) is 4.64. The van der Waals surface area contributed by atoms with Crippen molar-refractivity contribution in [1.82, 2.24) is 10.2 Å². The Labute approximate surface area is 251 Å². The van der Waals surface area contributed by atoms with Crippen molar-refractivity contribution in [2.75, 3.05) is 19.8 Å². The lowest BCUT2D eigenvalue weighted by Crippen LogP contribution is -2.50. The number of ether oxygens (including phenoxy) is 1. The Morgan fingerprint density at radius 2 is 1.57 bits per heavy atom. The topological polar surface area (TPSA) is 95.9 Å². The van der Waals surface area contributed by atoms with E-state index in [4.69, 9.17) is 4.74 Å². The maximum atomic E-state index is 13.5. The number of nitrogens with one attached hydrogen (secondary N) is 1. The van der Waals surface area contributed by atoms with Crippen molar-refractivity contribution in [2.45, 2.75) is 65.5 Å². The van der Waals surface area contributed by atoms with Crippen molar-refractivity contribution in [3.05, 3.63) is 97.1 Å². The van der Waals surface area contributed by atoms with Gasteiger partial charge in [0, 0.05) is 19.5 Å². The van der Waals surface area contributed by atoms with E-state index in [1.54, 1.807) is 17.1 Å². The summed E-state index contributed by atoms with van der Waals surface area (Å²) in [5.74, 6) is -1.79. The summed E-state index contributed by atoms with van der Waals surface area (Å²) in [6.07, 6.45) is 5.60. The minimum atomic E-state index is -0.647. The Morgan fingerprint density at radius 3 is 2.12 bits per heavy atom. The van der Waals surface area contributed by atoms with Gasteiger partial charge in [-0.15, -0.1) is 13.2 Å². The van der Waals surface area contributed by atoms with Crippen LogP contribution in [-0.2, 0) is 32.1 Å². The first-order chi connectivity index (χ1) is 20.1. The summed E-state index contributed by atoms with van der Waals surface area (Å²) in [4.78, 5) is 41.5. The molecular weight excluding hydrogens is 528 g/mol. The second-order valence-corrected chi connectivity index (χ2v) is 11.8. The van der Waals surface area contributed by atoms with E-state index >= 15 is 0 Å². The van der Waals surface area contributed by atoms with Crippen LogP contribution in [0, 0.1) is 17.3 Å². The highest BCUT2D eigenvalue weighted by Crippen LogP contribution is 2.23. The van der Waals surface area contributed by atoms with Gasteiger partial charge in [-0.25, -0.2) is 0 Å². The van der Waals surface area contributed by atoms with Crippen molar-refractivity contribution >= 4 is 17.8 Å². The van der Waals surface area contributed by atoms with E-state index in [2.05, 4.69) is 18.5 Å². The molecule has 0 spiro atoms. The van der Waals surface area contributed by atoms with Crippen molar-refractivity contribution in [3.8, 4) is 0 Å². The van der Waals surface area contributed by atoms with Gasteiger partial charge in [0.25, 0.3) is 0 Å². The summed E-state index contributed by atoms with van der Waals surface area (Å²) in [6, 6.07) is 18.9. The van der Waals surface area contributed by atoms with Gasteiger partial charge in [-0.3, -0.25) is 14.4 Å². The second-order valence-electron chi connectivity index (χ2n) is 11.8. The highest BCUT2D eigenvalue weighted by molar-refractivity contribution is 5.86. The number of carbonyl (C=O) groups is 3. The number of esters is 1. The number of aliphatic hydroxyl groups excluding tert-OH is 1. The lowest BCUT2D eigenvalue weighted by Gasteiger charge is -2.33. The van der Waals surface area contributed by atoms with E-state index in [-0.39, 0.29) is 49.9 Å². The maximum Gasteiger partial charge on any atom is 0.309 e. The van der Waals surface area contributed by atoms with Gasteiger partial charge >= 0.3 is 5.97 Å². The van der Waals surface area contributed by atoms with Gasteiger partial charge in [0.2, 0.25) is 11.8 Å². The van der Waals surface area contributed by atoms with Crippen LogP contribution >= 0.6 is 0 Å². The number of hydrogen-bond acceptors (Lipinski definition) is 5. The molecule has 7 nitrogen and oxygen atoms in total. The lowest BCUT2D eigenvalue weighted by atomic mass is 9.86. The molecule has 0 aromatic heterocycles. The highest BCUT2D eigenvalue weighted by atomic mass is 16.5. The summed E-state index contributed by atoms with van der Waals surface area (Å²) in [5, 5.41) is 12.6. The molecule has 0 unspecified atom stereocenters. The third kappa shape index (κ3) is 12.0. The number of rotatable bonds is 18. The number of amides is 2. The molecule has 2 rings (SSSR count). The molecule has 228 valence electrons. The molecule has 42 heavy (non-hydrogen) atoms. The van der Waals surface area contributed by atoms with Crippen LogP contribution in [0.15, 0.2) is 86.0 Å². The second kappa shape index (κ2) is 18.0. The number of benzene rings is 2. The molecule has 0 bridgehead atoms. The first-order valence-electron chi connectivity index (χ1n) is 14.7. The van der Waals surface area contributed by atoms with Crippen LogP contribution in [0.5, 0.6) is 0 Å². The molecule has 0 aliphatic heterocycles. The molecule has 0 aliphatic rings. The summed E-state index contributed by atoms with van der Waals surface area (Å²) in [5.41, 5.74) is 1.59. The molecule has 2 aromatic rings. The van der Waals surface area contributed by atoms with E-state index in [9.17, 15) is 19.5 Å². The van der Waals surface area contributed by atoms with E-state index in [1.165, 1.54) is 0 Å². The van der Waals surface area contributed by atoms with E-state index in [0.29, 0.717) is 32.2 Å². The van der Waals surface area contributed by atoms with Crippen molar-refractivity contribution in [2.24, 2.45) is 17.3 Å². The van der Waals surface area contributed by atoms with E-state index in [1.807, 2.05) is 81.4 Å². The Morgan fingerprint density at radius 1 is 0.952 bits per heavy atom.